The number of carbonyl (C=O) groups is 1. The van der Waals surface area contributed by atoms with Crippen LogP contribution in [0.1, 0.15) is 28.8 Å². The molecular formula is C15H16ClNO3S. The zero-order chi connectivity index (χ0) is 15.6. The van der Waals surface area contributed by atoms with Gasteiger partial charge in [-0.3, -0.25) is 4.79 Å². The topological polar surface area (TPSA) is 54.5 Å². The fraction of sp³-hybridized carbons (Fsp3) is 0.400. The quantitative estimate of drug-likeness (QED) is 0.617. The number of hydrogen-bond acceptors (Lipinski definition) is 3. The molecule has 21 heavy (non-hydrogen) atoms. The van der Waals surface area contributed by atoms with Gasteiger partial charge in [-0.2, -0.15) is 0 Å². The summed E-state index contributed by atoms with van der Waals surface area (Å²) in [6, 6.07) is 4.50. The molecule has 1 fully saturated rings. The minimum atomic E-state index is -3.98. The maximum Gasteiger partial charge on any atom is 0.262 e. The van der Waals surface area contributed by atoms with Crippen molar-refractivity contribution in [2.45, 2.75) is 24.7 Å². The van der Waals surface area contributed by atoms with Gasteiger partial charge < -0.3 is 4.90 Å². The zero-order valence-corrected chi connectivity index (χ0v) is 13.2. The van der Waals surface area contributed by atoms with Gasteiger partial charge in [0.2, 0.25) is 0 Å². The summed E-state index contributed by atoms with van der Waals surface area (Å²) in [7, 11) is 1.44. The molecule has 0 bridgehead atoms. The van der Waals surface area contributed by atoms with Crippen LogP contribution in [0, 0.1) is 25.2 Å². The molecule has 0 atom stereocenters. The van der Waals surface area contributed by atoms with E-state index >= 15 is 0 Å². The van der Waals surface area contributed by atoms with E-state index in [1.54, 1.807) is 13.0 Å². The van der Waals surface area contributed by atoms with Crippen molar-refractivity contribution in [2.75, 3.05) is 13.1 Å². The molecule has 112 valence electrons. The second kappa shape index (κ2) is 6.08. The molecule has 1 amide bonds. The van der Waals surface area contributed by atoms with Gasteiger partial charge in [0, 0.05) is 17.2 Å². The molecule has 0 saturated heterocycles. The molecule has 0 radical (unpaired) electrons. The van der Waals surface area contributed by atoms with Gasteiger partial charge in [0.15, 0.2) is 0 Å². The first-order valence-electron chi connectivity index (χ1n) is 6.61. The lowest BCUT2D eigenvalue weighted by atomic mass is 10.1. The fourth-order valence-corrected chi connectivity index (χ4v) is 3.18. The van der Waals surface area contributed by atoms with Crippen LogP contribution in [0.4, 0.5) is 0 Å². The van der Waals surface area contributed by atoms with Crippen molar-refractivity contribution in [3.05, 3.63) is 29.3 Å². The van der Waals surface area contributed by atoms with Crippen LogP contribution in [0.5, 0.6) is 0 Å². The van der Waals surface area contributed by atoms with Crippen molar-refractivity contribution < 1.29 is 13.2 Å². The average molecular weight is 326 g/mol. The summed E-state index contributed by atoms with van der Waals surface area (Å²) < 4.78 is 23.3. The number of halogens is 1. The Hall–Kier alpha value is -1.51. The molecule has 1 aromatic carbocycles. The van der Waals surface area contributed by atoms with Gasteiger partial charge in [-0.15, -0.1) is 6.42 Å². The average Bonchev–Trinajstić information content (AvgIpc) is 3.20. The molecule has 0 aromatic heterocycles. The van der Waals surface area contributed by atoms with Gasteiger partial charge in [-0.25, -0.2) is 8.42 Å². The molecule has 1 aliphatic carbocycles. The van der Waals surface area contributed by atoms with E-state index in [1.165, 1.54) is 17.0 Å². The fourth-order valence-electron chi connectivity index (χ4n) is 2.14. The molecular weight excluding hydrogens is 310 g/mol. The first-order chi connectivity index (χ1) is 9.82. The van der Waals surface area contributed by atoms with Crippen LogP contribution in [0.3, 0.4) is 0 Å². The van der Waals surface area contributed by atoms with E-state index < -0.39 is 9.05 Å². The Morgan fingerprint density at radius 1 is 1.48 bits per heavy atom. The number of benzene rings is 1. The van der Waals surface area contributed by atoms with Crippen LogP contribution in [0.15, 0.2) is 23.1 Å². The summed E-state index contributed by atoms with van der Waals surface area (Å²) in [6.45, 7) is 2.50. The first kappa shape index (κ1) is 15.9. The van der Waals surface area contributed by atoms with Gasteiger partial charge >= 0.3 is 0 Å². The number of nitrogens with zero attached hydrogens (tertiary/aromatic N) is 1. The first-order valence-corrected chi connectivity index (χ1v) is 8.92. The Morgan fingerprint density at radius 3 is 2.67 bits per heavy atom. The number of terminal acetylenes is 1. The highest BCUT2D eigenvalue weighted by Crippen LogP contribution is 2.31. The zero-order valence-electron chi connectivity index (χ0n) is 11.7. The molecule has 1 aromatic rings. The normalized spacial score (nSPS) is 14.5. The van der Waals surface area contributed by atoms with Gasteiger partial charge in [0.05, 0.1) is 17.0 Å². The lowest BCUT2D eigenvalue weighted by Crippen LogP contribution is -2.34. The van der Waals surface area contributed by atoms with Crippen LogP contribution in [-0.2, 0) is 9.05 Å². The molecule has 0 unspecified atom stereocenters. The largest absolute Gasteiger partial charge is 0.327 e. The van der Waals surface area contributed by atoms with E-state index in [9.17, 15) is 13.2 Å². The molecule has 0 spiro atoms. The Morgan fingerprint density at radius 2 is 2.14 bits per heavy atom. The number of amides is 1. The predicted molar refractivity (Wildman–Crippen MR) is 81.7 cm³/mol. The summed E-state index contributed by atoms with van der Waals surface area (Å²) in [6.07, 6.45) is 7.45. The second-order valence-electron chi connectivity index (χ2n) is 5.27. The minimum Gasteiger partial charge on any atom is -0.327 e. The number of carbonyl (C=O) groups excluding carboxylic acids is 1. The van der Waals surface area contributed by atoms with Crippen LogP contribution in [-0.4, -0.2) is 32.3 Å². The molecule has 6 heteroatoms. The Balaban J connectivity index is 2.40. The van der Waals surface area contributed by atoms with Gasteiger partial charge in [0.25, 0.3) is 15.0 Å². The smallest absolute Gasteiger partial charge is 0.262 e. The van der Waals surface area contributed by atoms with Crippen LogP contribution < -0.4 is 0 Å². The molecule has 0 aliphatic heterocycles. The van der Waals surface area contributed by atoms with Crippen LogP contribution in [0.2, 0.25) is 0 Å². The molecule has 0 N–H and O–H groups in total. The lowest BCUT2D eigenvalue weighted by molar-refractivity contribution is 0.0766. The van der Waals surface area contributed by atoms with Crippen molar-refractivity contribution in [3.63, 3.8) is 0 Å². The molecule has 1 saturated carbocycles. The van der Waals surface area contributed by atoms with E-state index in [0.29, 0.717) is 12.5 Å². The van der Waals surface area contributed by atoms with Crippen molar-refractivity contribution in [1.82, 2.24) is 4.90 Å². The van der Waals surface area contributed by atoms with Crippen molar-refractivity contribution in [3.8, 4) is 12.3 Å². The summed E-state index contributed by atoms with van der Waals surface area (Å²) >= 11 is 0. The van der Waals surface area contributed by atoms with Gasteiger partial charge in [-0.1, -0.05) is 17.6 Å². The maximum atomic E-state index is 12.6. The second-order valence-corrected chi connectivity index (χ2v) is 7.80. The van der Waals surface area contributed by atoms with Crippen molar-refractivity contribution >= 4 is 25.6 Å². The van der Waals surface area contributed by atoms with Crippen molar-refractivity contribution in [2.24, 2.45) is 5.92 Å². The summed E-state index contributed by atoms with van der Waals surface area (Å²) in [5.74, 6) is 2.52. The monoisotopic (exact) mass is 325 g/mol. The van der Waals surface area contributed by atoms with Gasteiger partial charge in [0.1, 0.15) is 0 Å². The molecule has 4 nitrogen and oxygen atoms in total. The third-order valence-electron chi connectivity index (χ3n) is 3.37. The maximum absolute atomic E-state index is 12.6. The van der Waals surface area contributed by atoms with Crippen LogP contribution in [0.25, 0.3) is 0 Å². The highest BCUT2D eigenvalue weighted by atomic mass is 35.7. The number of aryl methyl sites for hydroxylation is 1. The standard InChI is InChI=1S/C15H16ClNO3S/c1-3-8-17(10-12-5-6-12)15(18)13-9-11(2)4-7-14(13)21(16,19)20/h1,4,7,9,12H,5-6,8,10H2,2H3. The predicted octanol–water partition coefficient (Wildman–Crippen LogP) is 2.41. The Labute approximate surface area is 129 Å². The van der Waals surface area contributed by atoms with E-state index in [2.05, 4.69) is 5.92 Å². The highest BCUT2D eigenvalue weighted by Gasteiger charge is 2.29. The molecule has 1 aliphatic rings. The third kappa shape index (κ3) is 3.99. The van der Waals surface area contributed by atoms with E-state index in [4.69, 9.17) is 17.1 Å². The lowest BCUT2D eigenvalue weighted by Gasteiger charge is -2.21. The van der Waals surface area contributed by atoms with Gasteiger partial charge in [-0.05, 0) is 37.8 Å². The van der Waals surface area contributed by atoms with Crippen molar-refractivity contribution in [1.29, 1.82) is 0 Å². The summed E-state index contributed by atoms with van der Waals surface area (Å²) in [5, 5.41) is 0. The van der Waals surface area contributed by atoms with E-state index in [0.717, 1.165) is 18.4 Å². The summed E-state index contributed by atoms with van der Waals surface area (Å²) in [5.41, 5.74) is 0.871. The minimum absolute atomic E-state index is 0.0842. The highest BCUT2D eigenvalue weighted by molar-refractivity contribution is 8.13. The number of rotatable bonds is 5. The van der Waals surface area contributed by atoms with E-state index in [-0.39, 0.29) is 22.9 Å². The number of hydrogen-bond donors (Lipinski definition) is 0. The van der Waals surface area contributed by atoms with Crippen LogP contribution >= 0.6 is 10.7 Å². The van der Waals surface area contributed by atoms with E-state index in [1.807, 2.05) is 0 Å². The third-order valence-corrected chi connectivity index (χ3v) is 4.75. The molecule has 2 rings (SSSR count). The Bertz CT molecular complexity index is 702. The Kier molecular flexibility index (Phi) is 4.60. The summed E-state index contributed by atoms with van der Waals surface area (Å²) in [4.78, 5) is 14.0. The SMILES string of the molecule is C#CCN(CC1CC1)C(=O)c1cc(C)ccc1S(=O)(=O)Cl. The molecule has 0 heterocycles.